The highest BCUT2D eigenvalue weighted by Crippen LogP contribution is 2.28. The zero-order chi connectivity index (χ0) is 12.6. The van der Waals surface area contributed by atoms with E-state index in [2.05, 4.69) is 27.6 Å². The number of aliphatic hydroxyl groups is 1. The van der Waals surface area contributed by atoms with E-state index < -0.39 is 23.6 Å². The highest BCUT2D eigenvalue weighted by molar-refractivity contribution is 14.1. The maximum Gasteiger partial charge on any atom is 0.330 e. The number of rotatable bonds is 2. The van der Waals surface area contributed by atoms with E-state index in [9.17, 15) is 14.7 Å². The molecule has 0 bridgehead atoms. The van der Waals surface area contributed by atoms with Crippen molar-refractivity contribution < 1.29 is 9.84 Å². The molecule has 8 heteroatoms. The lowest BCUT2D eigenvalue weighted by molar-refractivity contribution is -0.00608. The Hall–Kier alpha value is -0.380. The first-order valence-corrected chi connectivity index (χ1v) is 6.83. The fraction of sp³-hybridized carbons (Fsp3) is 0.556. The summed E-state index contributed by atoms with van der Waals surface area (Å²) in [6.45, 7) is 0. The normalized spacial score (nSPS) is 28.5. The van der Waals surface area contributed by atoms with E-state index in [0.717, 1.165) is 0 Å². The molecule has 1 aromatic rings. The largest absolute Gasteiger partial charge is 0.390 e. The first-order chi connectivity index (χ1) is 8.02. The highest BCUT2D eigenvalue weighted by Gasteiger charge is 2.34. The first kappa shape index (κ1) is 13.1. The van der Waals surface area contributed by atoms with Gasteiger partial charge < -0.3 is 9.84 Å². The summed E-state index contributed by atoms with van der Waals surface area (Å²) in [6, 6.07) is 0. The van der Waals surface area contributed by atoms with E-state index in [-0.39, 0.29) is 11.1 Å². The number of halogens is 2. The summed E-state index contributed by atoms with van der Waals surface area (Å²) in [5, 5.41) is 9.60. The van der Waals surface area contributed by atoms with Gasteiger partial charge in [0.1, 0.15) is 11.3 Å². The lowest BCUT2D eigenvalue weighted by Gasteiger charge is -2.14. The van der Waals surface area contributed by atoms with Gasteiger partial charge >= 0.3 is 5.69 Å². The molecule has 1 fully saturated rings. The number of aromatic amines is 1. The molecule has 0 spiro atoms. The summed E-state index contributed by atoms with van der Waals surface area (Å²) in [6.07, 6.45) is 0.0188. The van der Waals surface area contributed by atoms with Crippen LogP contribution in [0.2, 0.25) is 5.02 Å². The first-order valence-electron chi connectivity index (χ1n) is 4.93. The molecule has 1 aliphatic rings. The zero-order valence-electron chi connectivity index (χ0n) is 8.60. The number of nitrogens with zero attached hydrogens (tertiary/aromatic N) is 1. The van der Waals surface area contributed by atoms with E-state index in [1.54, 1.807) is 0 Å². The van der Waals surface area contributed by atoms with Gasteiger partial charge in [-0.15, -0.1) is 0 Å². The van der Waals surface area contributed by atoms with Crippen LogP contribution < -0.4 is 11.2 Å². The fourth-order valence-corrected chi connectivity index (χ4v) is 2.65. The number of nitrogens with one attached hydrogen (secondary N) is 1. The number of alkyl halides is 1. The van der Waals surface area contributed by atoms with Gasteiger partial charge in [0, 0.05) is 17.0 Å². The molecular weight excluding hydrogens is 362 g/mol. The number of ether oxygens (including phenoxy) is 1. The Morgan fingerprint density at radius 2 is 2.35 bits per heavy atom. The Kier molecular flexibility index (Phi) is 3.91. The van der Waals surface area contributed by atoms with Gasteiger partial charge in [-0.25, -0.2) is 4.79 Å². The van der Waals surface area contributed by atoms with Crippen molar-refractivity contribution in [1.29, 1.82) is 0 Å². The molecule has 0 unspecified atom stereocenters. The topological polar surface area (TPSA) is 84.3 Å². The van der Waals surface area contributed by atoms with Crippen LogP contribution in [-0.2, 0) is 4.74 Å². The maximum absolute atomic E-state index is 11.6. The maximum atomic E-state index is 11.6. The summed E-state index contributed by atoms with van der Waals surface area (Å²) in [4.78, 5) is 24.8. The predicted octanol–water partition coefficient (Wildman–Crippen LogP) is 0.273. The number of aliphatic hydroxyl groups excluding tert-OH is 1. The van der Waals surface area contributed by atoms with Crippen molar-refractivity contribution in [2.45, 2.75) is 24.9 Å². The molecule has 0 saturated carbocycles. The molecule has 2 rings (SSSR count). The molecule has 6 nitrogen and oxygen atoms in total. The van der Waals surface area contributed by atoms with Crippen molar-refractivity contribution in [2.24, 2.45) is 0 Å². The number of hydrogen-bond donors (Lipinski definition) is 2. The summed E-state index contributed by atoms with van der Waals surface area (Å²) < 4.78 is 7.33. The third-order valence-electron chi connectivity index (χ3n) is 2.59. The van der Waals surface area contributed by atoms with Crippen LogP contribution in [0.5, 0.6) is 0 Å². The Morgan fingerprint density at radius 1 is 1.65 bits per heavy atom. The van der Waals surface area contributed by atoms with E-state index in [4.69, 9.17) is 16.3 Å². The molecular formula is C9H10ClIN2O4. The number of H-pyrrole nitrogens is 1. The standard InChI is InChI=1S/C9H10ClIN2O4/c10-4-3-13(9(16)12-8(4)15)7-1-5(14)6(2-11)17-7/h3,5-7,14H,1-2H2,(H,12,15,16)/t5-,6+,7-/m0/s1. The second kappa shape index (κ2) is 5.09. The van der Waals surface area contributed by atoms with Crippen LogP contribution in [0.1, 0.15) is 12.6 Å². The van der Waals surface area contributed by atoms with Crippen molar-refractivity contribution in [3.8, 4) is 0 Å². The van der Waals surface area contributed by atoms with Crippen LogP contribution >= 0.6 is 34.2 Å². The Labute approximate surface area is 115 Å². The van der Waals surface area contributed by atoms with Crippen molar-refractivity contribution in [3.63, 3.8) is 0 Å². The Morgan fingerprint density at radius 3 is 2.94 bits per heavy atom. The molecule has 94 valence electrons. The van der Waals surface area contributed by atoms with Crippen molar-refractivity contribution in [3.05, 3.63) is 32.1 Å². The van der Waals surface area contributed by atoms with Crippen molar-refractivity contribution in [2.75, 3.05) is 4.43 Å². The van der Waals surface area contributed by atoms with Gasteiger partial charge in [-0.2, -0.15) is 0 Å². The average molecular weight is 373 g/mol. The van der Waals surface area contributed by atoms with Crippen LogP contribution in [0.25, 0.3) is 0 Å². The Bertz CT molecular complexity index is 528. The number of hydrogen-bond acceptors (Lipinski definition) is 4. The molecule has 2 heterocycles. The minimum Gasteiger partial charge on any atom is -0.390 e. The molecule has 0 amide bonds. The van der Waals surface area contributed by atoms with Crippen molar-refractivity contribution in [1.82, 2.24) is 9.55 Å². The van der Waals surface area contributed by atoms with E-state index in [1.165, 1.54) is 10.8 Å². The second-order valence-corrected chi connectivity index (χ2v) is 5.02. The SMILES string of the molecule is O=c1[nH]c(=O)n([C@@H]2C[C@H](O)[C@@H](CI)O2)cc1Cl. The fourth-order valence-electron chi connectivity index (χ4n) is 1.70. The smallest absolute Gasteiger partial charge is 0.330 e. The second-order valence-electron chi connectivity index (χ2n) is 3.73. The van der Waals surface area contributed by atoms with Gasteiger partial charge in [0.2, 0.25) is 0 Å². The van der Waals surface area contributed by atoms with Gasteiger partial charge in [0.25, 0.3) is 5.56 Å². The predicted molar refractivity (Wildman–Crippen MR) is 69.8 cm³/mol. The quantitative estimate of drug-likeness (QED) is 0.577. The molecule has 0 radical (unpaired) electrons. The lowest BCUT2D eigenvalue weighted by atomic mass is 10.2. The molecule has 1 saturated heterocycles. The van der Waals surface area contributed by atoms with Gasteiger partial charge in [-0.1, -0.05) is 34.2 Å². The minimum absolute atomic E-state index is 0.0828. The van der Waals surface area contributed by atoms with E-state index >= 15 is 0 Å². The molecule has 1 aromatic heterocycles. The summed E-state index contributed by atoms with van der Waals surface area (Å²) >= 11 is 7.75. The third kappa shape index (κ3) is 2.56. The zero-order valence-corrected chi connectivity index (χ0v) is 11.5. The molecule has 2 N–H and O–H groups in total. The highest BCUT2D eigenvalue weighted by atomic mass is 127. The monoisotopic (exact) mass is 372 g/mol. The van der Waals surface area contributed by atoms with Crippen LogP contribution in [0.15, 0.2) is 15.8 Å². The lowest BCUT2D eigenvalue weighted by Crippen LogP contribution is -2.32. The minimum atomic E-state index is -0.628. The molecule has 0 aromatic carbocycles. The third-order valence-corrected chi connectivity index (χ3v) is 3.73. The van der Waals surface area contributed by atoms with Crippen LogP contribution in [0.3, 0.4) is 0 Å². The average Bonchev–Trinajstić information content (AvgIpc) is 2.65. The van der Waals surface area contributed by atoms with E-state index in [0.29, 0.717) is 10.8 Å². The van der Waals surface area contributed by atoms with Gasteiger partial charge in [-0.05, 0) is 0 Å². The summed E-state index contributed by atoms with van der Waals surface area (Å²) in [7, 11) is 0. The van der Waals surface area contributed by atoms with Crippen LogP contribution in [0, 0.1) is 0 Å². The van der Waals surface area contributed by atoms with Gasteiger partial charge in [-0.3, -0.25) is 14.3 Å². The molecule has 1 aliphatic heterocycles. The Balaban J connectivity index is 2.34. The van der Waals surface area contributed by atoms with E-state index in [1.807, 2.05) is 0 Å². The summed E-state index contributed by atoms with van der Waals surface area (Å²) in [5.74, 6) is 0. The summed E-state index contributed by atoms with van der Waals surface area (Å²) in [5.41, 5.74) is -1.22. The van der Waals surface area contributed by atoms with Crippen LogP contribution in [0.4, 0.5) is 0 Å². The molecule has 3 atom stereocenters. The van der Waals surface area contributed by atoms with Crippen LogP contribution in [-0.4, -0.2) is 31.3 Å². The van der Waals surface area contributed by atoms with Gasteiger partial charge in [0.05, 0.1) is 12.2 Å². The molecule has 0 aliphatic carbocycles. The number of aromatic nitrogens is 2. The van der Waals surface area contributed by atoms with Gasteiger partial charge in [0.15, 0.2) is 0 Å². The van der Waals surface area contributed by atoms with Crippen molar-refractivity contribution >= 4 is 34.2 Å². The molecule has 17 heavy (non-hydrogen) atoms.